The number of ether oxygens (including phenoxy) is 1. The largest absolute Gasteiger partial charge is 0.379 e. The molecule has 0 aromatic carbocycles. The van der Waals surface area contributed by atoms with Gasteiger partial charge in [0.1, 0.15) is 12.1 Å². The Morgan fingerprint density at radius 3 is 3.11 bits per heavy atom. The fourth-order valence-corrected chi connectivity index (χ4v) is 2.24. The number of rotatable bonds is 5. The van der Waals surface area contributed by atoms with Crippen molar-refractivity contribution in [3.63, 3.8) is 0 Å². The Hall–Kier alpha value is -1.73. The van der Waals surface area contributed by atoms with Gasteiger partial charge in [-0.05, 0) is 13.0 Å². The lowest BCUT2D eigenvalue weighted by molar-refractivity contribution is 0.0378. The Labute approximate surface area is 111 Å². The van der Waals surface area contributed by atoms with Gasteiger partial charge in [-0.3, -0.25) is 10.00 Å². The highest BCUT2D eigenvalue weighted by molar-refractivity contribution is 5.85. The molecule has 0 atom stereocenters. The van der Waals surface area contributed by atoms with Crippen molar-refractivity contribution in [2.75, 3.05) is 44.7 Å². The van der Waals surface area contributed by atoms with E-state index < -0.39 is 0 Å². The second kappa shape index (κ2) is 5.94. The van der Waals surface area contributed by atoms with E-state index in [4.69, 9.17) is 4.74 Å². The molecule has 7 heteroatoms. The second-order valence-electron chi connectivity index (χ2n) is 4.59. The van der Waals surface area contributed by atoms with E-state index in [9.17, 15) is 0 Å². The van der Waals surface area contributed by atoms with Gasteiger partial charge < -0.3 is 10.1 Å². The van der Waals surface area contributed by atoms with E-state index in [-0.39, 0.29) is 0 Å². The number of H-pyrrole nitrogens is 1. The summed E-state index contributed by atoms with van der Waals surface area (Å²) < 4.78 is 5.33. The Morgan fingerprint density at radius 1 is 1.32 bits per heavy atom. The highest BCUT2D eigenvalue weighted by Crippen LogP contribution is 2.15. The summed E-state index contributed by atoms with van der Waals surface area (Å²) in [6.07, 6.45) is 4.38. The smallest absolute Gasteiger partial charge is 0.160 e. The Kier molecular flexibility index (Phi) is 3.85. The van der Waals surface area contributed by atoms with Gasteiger partial charge in [0.05, 0.1) is 24.8 Å². The number of hydrogen-bond donors (Lipinski definition) is 2. The lowest BCUT2D eigenvalue weighted by atomic mass is 10.3. The molecule has 1 saturated heterocycles. The molecule has 0 aliphatic carbocycles. The Balaban J connectivity index is 1.48. The Morgan fingerprint density at radius 2 is 2.21 bits per heavy atom. The van der Waals surface area contributed by atoms with E-state index in [1.165, 1.54) is 0 Å². The fraction of sp³-hybridized carbons (Fsp3) is 0.583. The van der Waals surface area contributed by atoms with Gasteiger partial charge in [-0.15, -0.1) is 0 Å². The summed E-state index contributed by atoms with van der Waals surface area (Å²) in [7, 11) is 0. The Bertz CT molecular complexity index is 522. The first-order valence-corrected chi connectivity index (χ1v) is 6.61. The molecule has 2 N–H and O–H groups in total. The van der Waals surface area contributed by atoms with E-state index in [0.717, 1.165) is 62.7 Å². The molecule has 2 aromatic heterocycles. The van der Waals surface area contributed by atoms with Crippen LogP contribution in [-0.4, -0.2) is 64.5 Å². The number of morpholine rings is 1. The summed E-state index contributed by atoms with van der Waals surface area (Å²) in [6, 6.07) is 0. The molecule has 1 aliphatic heterocycles. The average Bonchev–Trinajstić information content (AvgIpc) is 2.94. The maximum Gasteiger partial charge on any atom is 0.160 e. The standard InChI is InChI=1S/C12H18N6O/c1(3-18-4-6-19-7-5-18)2-13-11-10-8-16-17-12(10)15-9-14-11/h8-9H,1-7H2,(H2,13,14,15,16,17). The van der Waals surface area contributed by atoms with Gasteiger partial charge in [-0.25, -0.2) is 9.97 Å². The zero-order chi connectivity index (χ0) is 12.9. The normalized spacial score (nSPS) is 16.8. The highest BCUT2D eigenvalue weighted by Gasteiger charge is 2.09. The molecule has 3 rings (SSSR count). The van der Waals surface area contributed by atoms with Crippen molar-refractivity contribution < 1.29 is 4.74 Å². The van der Waals surface area contributed by atoms with Gasteiger partial charge >= 0.3 is 0 Å². The van der Waals surface area contributed by atoms with Crippen LogP contribution in [0.1, 0.15) is 6.42 Å². The number of aromatic amines is 1. The lowest BCUT2D eigenvalue weighted by Crippen LogP contribution is -2.37. The van der Waals surface area contributed by atoms with Crippen molar-refractivity contribution >= 4 is 16.9 Å². The first-order chi connectivity index (χ1) is 9.43. The van der Waals surface area contributed by atoms with E-state index >= 15 is 0 Å². The average molecular weight is 262 g/mol. The first kappa shape index (κ1) is 12.3. The van der Waals surface area contributed by atoms with Crippen LogP contribution in [0.25, 0.3) is 11.0 Å². The van der Waals surface area contributed by atoms with Crippen molar-refractivity contribution in [1.29, 1.82) is 0 Å². The maximum absolute atomic E-state index is 5.33. The molecule has 102 valence electrons. The third-order valence-corrected chi connectivity index (χ3v) is 3.30. The third-order valence-electron chi connectivity index (χ3n) is 3.30. The SMILES string of the molecule is c1nc(NCCCN2CCOCC2)c2cn[nH]c2n1. The second-order valence-corrected chi connectivity index (χ2v) is 4.59. The van der Waals surface area contributed by atoms with E-state index in [2.05, 4.69) is 30.4 Å². The van der Waals surface area contributed by atoms with Crippen LogP contribution in [0.2, 0.25) is 0 Å². The number of nitrogens with zero attached hydrogens (tertiary/aromatic N) is 4. The lowest BCUT2D eigenvalue weighted by Gasteiger charge is -2.26. The molecule has 0 amide bonds. The molecule has 19 heavy (non-hydrogen) atoms. The molecule has 2 aromatic rings. The van der Waals surface area contributed by atoms with Crippen molar-refractivity contribution in [3.05, 3.63) is 12.5 Å². The molecule has 7 nitrogen and oxygen atoms in total. The van der Waals surface area contributed by atoms with Crippen molar-refractivity contribution in [3.8, 4) is 0 Å². The van der Waals surface area contributed by atoms with Crippen LogP contribution in [0.3, 0.4) is 0 Å². The molecule has 0 bridgehead atoms. The number of anilines is 1. The van der Waals surface area contributed by atoms with Gasteiger partial charge in [-0.2, -0.15) is 5.10 Å². The molecule has 1 aliphatic rings. The molecule has 0 saturated carbocycles. The van der Waals surface area contributed by atoms with Crippen molar-refractivity contribution in [2.24, 2.45) is 0 Å². The quantitative estimate of drug-likeness (QED) is 0.763. The summed E-state index contributed by atoms with van der Waals surface area (Å²) in [5, 5.41) is 11.1. The summed E-state index contributed by atoms with van der Waals surface area (Å²) in [5.41, 5.74) is 0.769. The zero-order valence-corrected chi connectivity index (χ0v) is 10.8. The van der Waals surface area contributed by atoms with Crippen molar-refractivity contribution in [2.45, 2.75) is 6.42 Å². The van der Waals surface area contributed by atoms with Crippen LogP contribution in [0.4, 0.5) is 5.82 Å². The summed E-state index contributed by atoms with van der Waals surface area (Å²) in [4.78, 5) is 10.8. The van der Waals surface area contributed by atoms with Gasteiger partial charge in [0, 0.05) is 19.6 Å². The van der Waals surface area contributed by atoms with Crippen LogP contribution in [-0.2, 0) is 4.74 Å². The van der Waals surface area contributed by atoms with Gasteiger partial charge in [-0.1, -0.05) is 0 Å². The van der Waals surface area contributed by atoms with Crippen LogP contribution < -0.4 is 5.32 Å². The zero-order valence-electron chi connectivity index (χ0n) is 10.8. The summed E-state index contributed by atoms with van der Waals surface area (Å²) >= 11 is 0. The predicted octanol–water partition coefficient (Wildman–Crippen LogP) is 0.487. The minimum absolute atomic E-state index is 0.769. The van der Waals surface area contributed by atoms with Crippen LogP contribution in [0.5, 0.6) is 0 Å². The molecular formula is C12H18N6O. The monoisotopic (exact) mass is 262 g/mol. The maximum atomic E-state index is 5.33. The fourth-order valence-electron chi connectivity index (χ4n) is 2.24. The molecular weight excluding hydrogens is 244 g/mol. The van der Waals surface area contributed by atoms with E-state index in [1.807, 2.05) is 0 Å². The molecule has 0 radical (unpaired) electrons. The third kappa shape index (κ3) is 2.99. The minimum Gasteiger partial charge on any atom is -0.379 e. The molecule has 3 heterocycles. The highest BCUT2D eigenvalue weighted by atomic mass is 16.5. The van der Waals surface area contributed by atoms with E-state index in [0.29, 0.717) is 0 Å². The predicted molar refractivity (Wildman–Crippen MR) is 72.0 cm³/mol. The van der Waals surface area contributed by atoms with Gasteiger partial charge in [0.2, 0.25) is 0 Å². The number of aromatic nitrogens is 4. The van der Waals surface area contributed by atoms with Crippen LogP contribution >= 0.6 is 0 Å². The van der Waals surface area contributed by atoms with Gasteiger partial charge in [0.15, 0.2) is 5.65 Å². The van der Waals surface area contributed by atoms with Crippen LogP contribution in [0.15, 0.2) is 12.5 Å². The first-order valence-electron chi connectivity index (χ1n) is 6.61. The van der Waals surface area contributed by atoms with Crippen molar-refractivity contribution in [1.82, 2.24) is 25.1 Å². The topological polar surface area (TPSA) is 79.0 Å². The van der Waals surface area contributed by atoms with Crippen LogP contribution in [0, 0.1) is 0 Å². The molecule has 0 unspecified atom stereocenters. The summed E-state index contributed by atoms with van der Waals surface area (Å²) in [5.74, 6) is 0.848. The van der Waals surface area contributed by atoms with Gasteiger partial charge in [0.25, 0.3) is 0 Å². The van der Waals surface area contributed by atoms with E-state index in [1.54, 1.807) is 12.5 Å². The number of fused-ring (bicyclic) bond motifs is 1. The number of hydrogen-bond acceptors (Lipinski definition) is 6. The number of nitrogens with one attached hydrogen (secondary N) is 2. The molecule has 1 fully saturated rings. The summed E-state index contributed by atoms with van der Waals surface area (Å²) in [6.45, 7) is 5.79. The minimum atomic E-state index is 0.769. The molecule has 0 spiro atoms.